The van der Waals surface area contributed by atoms with Crippen molar-refractivity contribution in [2.24, 2.45) is 0 Å². The largest absolute Gasteiger partial charge is 0.285 e. The van der Waals surface area contributed by atoms with E-state index in [-0.39, 0.29) is 29.6 Å². The summed E-state index contributed by atoms with van der Waals surface area (Å²) in [5, 5.41) is 0. The maximum absolute atomic E-state index is 9.64. The van der Waals surface area contributed by atoms with Crippen molar-refractivity contribution >= 4 is 39.7 Å². The molecule has 0 aliphatic heterocycles. The van der Waals surface area contributed by atoms with E-state index in [4.69, 9.17) is 4.55 Å². The zero-order valence-corrected chi connectivity index (χ0v) is 7.27. The maximum atomic E-state index is 9.64. The molecule has 41 valence electrons. The van der Waals surface area contributed by atoms with E-state index in [1.54, 1.807) is 5.92 Å². The molecule has 1 N–H and O–H groups in total. The fraction of sp³-hybridized carbons (Fsp3) is 0.333. The molecule has 0 aromatic rings. The van der Waals surface area contributed by atoms with E-state index in [0.717, 1.165) is 0 Å². The van der Waals surface area contributed by atoms with E-state index in [9.17, 15) is 8.42 Å². The van der Waals surface area contributed by atoms with Crippen LogP contribution in [0.4, 0.5) is 0 Å². The average Bonchev–Trinajstić information content (AvgIpc) is 1.30. The smallest absolute Gasteiger partial charge is 0.276 e. The summed E-state index contributed by atoms with van der Waals surface area (Å²) >= 11 is 0. The average molecular weight is 143 g/mol. The van der Waals surface area contributed by atoms with Crippen molar-refractivity contribution < 1.29 is 13.0 Å². The Morgan fingerprint density at radius 2 is 2.00 bits per heavy atom. The van der Waals surface area contributed by atoms with Gasteiger partial charge >= 0.3 is 0 Å². The summed E-state index contributed by atoms with van der Waals surface area (Å²) in [4.78, 5) is 0. The summed E-state index contributed by atoms with van der Waals surface area (Å²) in [5.41, 5.74) is 0. The number of hydrogen-bond acceptors (Lipinski definition) is 2. The molecule has 1 radical (unpaired) electrons. The van der Waals surface area contributed by atoms with Gasteiger partial charge in [0.05, 0.1) is 0 Å². The van der Waals surface area contributed by atoms with Crippen LogP contribution in [0.1, 0.15) is 0 Å². The molecule has 8 heavy (non-hydrogen) atoms. The maximum Gasteiger partial charge on any atom is 0.276 e. The molecule has 3 nitrogen and oxygen atoms in total. The molecule has 0 saturated heterocycles. The van der Waals surface area contributed by atoms with Crippen molar-refractivity contribution in [2.45, 2.75) is 0 Å². The van der Waals surface area contributed by atoms with E-state index in [0.29, 0.717) is 0 Å². The third-order valence-corrected chi connectivity index (χ3v) is 0.797. The van der Waals surface area contributed by atoms with Gasteiger partial charge in [-0.3, -0.25) is 4.55 Å². The Bertz CT molecular complexity index is 175. The molecule has 0 fully saturated rings. The van der Waals surface area contributed by atoms with Crippen LogP contribution in [0.5, 0.6) is 0 Å². The Morgan fingerprint density at radius 3 is 2.00 bits per heavy atom. The predicted octanol–water partition coefficient (Wildman–Crippen LogP) is -0.873. The second-order valence-corrected chi connectivity index (χ2v) is 2.38. The topological polar surface area (TPSA) is 54.4 Å². The van der Waals surface area contributed by atoms with Crippen molar-refractivity contribution in [1.82, 2.24) is 0 Å². The van der Waals surface area contributed by atoms with Gasteiger partial charge in [0.1, 0.15) is 5.75 Å². The number of terminal acetylenes is 1. The summed E-state index contributed by atoms with van der Waals surface area (Å²) in [5.74, 6) is 1.17. The minimum Gasteiger partial charge on any atom is -0.285 e. The van der Waals surface area contributed by atoms with E-state index in [2.05, 4.69) is 6.42 Å². The summed E-state index contributed by atoms with van der Waals surface area (Å²) in [7, 11) is -3.91. The van der Waals surface area contributed by atoms with Gasteiger partial charge in [-0.1, -0.05) is 5.92 Å². The van der Waals surface area contributed by atoms with Crippen molar-refractivity contribution in [2.75, 3.05) is 5.75 Å². The molecule has 5 heteroatoms. The Labute approximate surface area is 70.5 Å². The molecule has 0 saturated carbocycles. The van der Waals surface area contributed by atoms with Gasteiger partial charge in [-0.15, -0.1) is 6.42 Å². The van der Waals surface area contributed by atoms with Crippen molar-refractivity contribution in [3.63, 3.8) is 0 Å². The van der Waals surface area contributed by atoms with Crippen molar-refractivity contribution in [3.8, 4) is 12.3 Å². The molecule has 0 aliphatic rings. The first-order chi connectivity index (χ1) is 3.06. The zero-order valence-electron chi connectivity index (χ0n) is 4.46. The van der Waals surface area contributed by atoms with E-state index in [1.165, 1.54) is 0 Å². The second kappa shape index (κ2) is 4.36. The van der Waals surface area contributed by atoms with Crippen LogP contribution in [0.2, 0.25) is 0 Å². The minimum atomic E-state index is -3.91. The second-order valence-electron chi connectivity index (χ2n) is 0.930. The fourth-order valence-electron chi connectivity index (χ4n) is 0.105. The first-order valence-corrected chi connectivity index (χ1v) is 3.06. The molecule has 0 rings (SSSR count). The van der Waals surface area contributed by atoms with Crippen LogP contribution in [0.3, 0.4) is 0 Å². The van der Waals surface area contributed by atoms with E-state index in [1.807, 2.05) is 0 Å². The molecule has 0 aliphatic carbocycles. The SMILES string of the molecule is C#CCS(=O)(=O)O.[Na]. The first-order valence-electron chi connectivity index (χ1n) is 1.45. The molecule has 0 amide bonds. The van der Waals surface area contributed by atoms with Crippen LogP contribution in [0, 0.1) is 12.3 Å². The minimum absolute atomic E-state index is 0. The molecule has 0 heterocycles. The third kappa shape index (κ3) is 9.69. The van der Waals surface area contributed by atoms with Crippen LogP contribution < -0.4 is 0 Å². The summed E-state index contributed by atoms with van der Waals surface area (Å²) in [6.07, 6.45) is 4.53. The number of hydrogen-bond donors (Lipinski definition) is 1. The monoisotopic (exact) mass is 143 g/mol. The zero-order chi connectivity index (χ0) is 5.91. The van der Waals surface area contributed by atoms with E-state index >= 15 is 0 Å². The Balaban J connectivity index is 0. The van der Waals surface area contributed by atoms with Crippen LogP contribution in [0.25, 0.3) is 0 Å². The van der Waals surface area contributed by atoms with Gasteiger partial charge in [0, 0.05) is 29.6 Å². The molecule has 0 aromatic carbocycles. The molecular weight excluding hydrogens is 139 g/mol. The molecule has 0 atom stereocenters. The van der Waals surface area contributed by atoms with Gasteiger partial charge in [-0.2, -0.15) is 8.42 Å². The summed E-state index contributed by atoms with van der Waals surface area (Å²) < 4.78 is 27.1. The van der Waals surface area contributed by atoms with Crippen molar-refractivity contribution in [1.29, 1.82) is 0 Å². The predicted molar refractivity (Wildman–Crippen MR) is 31.0 cm³/mol. The fourth-order valence-corrected chi connectivity index (χ4v) is 0.316. The Hall–Kier alpha value is 0.470. The Morgan fingerprint density at radius 1 is 1.62 bits per heavy atom. The van der Waals surface area contributed by atoms with Crippen LogP contribution >= 0.6 is 0 Å². The van der Waals surface area contributed by atoms with Gasteiger partial charge in [0.2, 0.25) is 0 Å². The normalized spacial score (nSPS) is 9.00. The van der Waals surface area contributed by atoms with Gasteiger partial charge in [0.25, 0.3) is 10.1 Å². The summed E-state index contributed by atoms with van der Waals surface area (Å²) in [6, 6.07) is 0. The van der Waals surface area contributed by atoms with Crippen molar-refractivity contribution in [3.05, 3.63) is 0 Å². The molecule has 0 aromatic heterocycles. The van der Waals surface area contributed by atoms with E-state index < -0.39 is 15.9 Å². The van der Waals surface area contributed by atoms with Gasteiger partial charge in [0.15, 0.2) is 0 Å². The first kappa shape index (κ1) is 11.3. The van der Waals surface area contributed by atoms with Crippen LogP contribution in [-0.2, 0) is 10.1 Å². The molecular formula is C3H4NaO3S. The van der Waals surface area contributed by atoms with Gasteiger partial charge in [-0.25, -0.2) is 0 Å². The van der Waals surface area contributed by atoms with Gasteiger partial charge in [-0.05, 0) is 0 Å². The van der Waals surface area contributed by atoms with Crippen LogP contribution in [0.15, 0.2) is 0 Å². The molecule has 0 spiro atoms. The standard InChI is InChI=1S/C3H4O3S.Na/c1-2-3-7(4,5)6;/h1H,3H2,(H,4,5,6);. The van der Waals surface area contributed by atoms with Crippen LogP contribution in [-0.4, -0.2) is 48.3 Å². The molecule has 0 bridgehead atoms. The summed E-state index contributed by atoms with van der Waals surface area (Å²) in [6.45, 7) is 0. The Kier molecular flexibility index (Phi) is 6.15. The third-order valence-electron chi connectivity index (χ3n) is 0.266. The van der Waals surface area contributed by atoms with Gasteiger partial charge < -0.3 is 0 Å². The molecule has 0 unspecified atom stereocenters. The number of rotatable bonds is 1. The quantitative estimate of drug-likeness (QED) is 0.295.